The second-order valence-corrected chi connectivity index (χ2v) is 9.49. The van der Waals surface area contributed by atoms with Crippen LogP contribution in [0.4, 0.5) is 5.00 Å². The Labute approximate surface area is 191 Å². The number of hydrogen-bond acceptors (Lipinski definition) is 6. The molecule has 0 aliphatic heterocycles. The third kappa shape index (κ3) is 5.54. The maximum atomic E-state index is 12.6. The number of anilines is 1. The summed E-state index contributed by atoms with van der Waals surface area (Å²) in [6.45, 7) is 5.25. The average Bonchev–Trinajstić information content (AvgIpc) is 3.11. The van der Waals surface area contributed by atoms with Crippen LogP contribution >= 0.6 is 11.3 Å². The third-order valence-electron chi connectivity index (χ3n) is 5.47. The summed E-state index contributed by atoms with van der Waals surface area (Å²) in [5, 5.41) is 15.4. The van der Waals surface area contributed by atoms with E-state index in [0.29, 0.717) is 22.0 Å². The number of carbonyl (C=O) groups excluding carboxylic acids is 3. The number of hydrogen-bond donors (Lipinski definition) is 2. The van der Waals surface area contributed by atoms with Crippen molar-refractivity contribution in [3.63, 3.8) is 0 Å². The molecule has 168 valence electrons. The third-order valence-corrected chi connectivity index (χ3v) is 6.63. The van der Waals surface area contributed by atoms with Gasteiger partial charge in [0.1, 0.15) is 17.1 Å². The van der Waals surface area contributed by atoms with Crippen LogP contribution in [0.5, 0.6) is 0 Å². The van der Waals surface area contributed by atoms with E-state index in [4.69, 9.17) is 4.74 Å². The lowest BCUT2D eigenvalue weighted by molar-refractivity contribution is -0.150. The summed E-state index contributed by atoms with van der Waals surface area (Å²) in [5.74, 6) is -1.26. The largest absolute Gasteiger partial charge is 0.454 e. The first-order valence-corrected chi connectivity index (χ1v) is 11.5. The molecular formula is C24H27N3O4S. The fraction of sp³-hybridized carbons (Fsp3) is 0.417. The van der Waals surface area contributed by atoms with E-state index in [9.17, 15) is 19.6 Å². The summed E-state index contributed by atoms with van der Waals surface area (Å²) < 4.78 is 5.18. The van der Waals surface area contributed by atoms with Gasteiger partial charge in [0.2, 0.25) is 0 Å². The lowest BCUT2D eigenvalue weighted by Gasteiger charge is -2.20. The summed E-state index contributed by atoms with van der Waals surface area (Å²) in [6, 6.07) is 9.89. The van der Waals surface area contributed by atoms with Crippen LogP contribution in [0.1, 0.15) is 53.6 Å². The number of fused-ring (bicyclic) bond motifs is 1. The molecule has 32 heavy (non-hydrogen) atoms. The number of thiophene rings is 1. The van der Waals surface area contributed by atoms with Gasteiger partial charge in [-0.15, -0.1) is 11.3 Å². The van der Waals surface area contributed by atoms with E-state index in [1.165, 1.54) is 11.3 Å². The lowest BCUT2D eigenvalue weighted by atomic mass is 9.89. The zero-order chi connectivity index (χ0) is 23.3. The molecule has 0 fully saturated rings. The van der Waals surface area contributed by atoms with E-state index < -0.39 is 24.5 Å². The Balaban J connectivity index is 1.59. The maximum absolute atomic E-state index is 12.6. The van der Waals surface area contributed by atoms with Gasteiger partial charge in [0.05, 0.1) is 5.56 Å². The zero-order valence-electron chi connectivity index (χ0n) is 18.4. The number of nitrogens with one attached hydrogen (secondary N) is 2. The van der Waals surface area contributed by atoms with Crippen LogP contribution in [-0.2, 0) is 27.2 Å². The maximum Gasteiger partial charge on any atom is 0.329 e. The minimum absolute atomic E-state index is 0.227. The molecule has 1 aliphatic rings. The normalized spacial score (nSPS) is 15.9. The van der Waals surface area contributed by atoms with Gasteiger partial charge in [-0.3, -0.25) is 9.59 Å². The molecule has 1 aromatic heterocycles. The molecule has 2 N–H and O–H groups in total. The number of amides is 2. The zero-order valence-corrected chi connectivity index (χ0v) is 19.3. The van der Waals surface area contributed by atoms with Gasteiger partial charge in [-0.1, -0.05) is 39.0 Å². The van der Waals surface area contributed by atoms with E-state index in [1.54, 1.807) is 44.2 Å². The fourth-order valence-electron chi connectivity index (χ4n) is 3.66. The van der Waals surface area contributed by atoms with Crippen molar-refractivity contribution >= 4 is 34.1 Å². The number of ether oxygens (including phenoxy) is 1. The van der Waals surface area contributed by atoms with E-state index >= 15 is 0 Å². The highest BCUT2D eigenvalue weighted by molar-refractivity contribution is 7.16. The predicted octanol–water partition coefficient (Wildman–Crippen LogP) is 3.68. The molecule has 0 saturated carbocycles. The highest BCUT2D eigenvalue weighted by atomic mass is 32.1. The summed E-state index contributed by atoms with van der Waals surface area (Å²) in [4.78, 5) is 38.5. The molecule has 2 atom stereocenters. The van der Waals surface area contributed by atoms with Gasteiger partial charge in [-0.2, -0.15) is 5.26 Å². The molecule has 0 bridgehead atoms. The predicted molar refractivity (Wildman–Crippen MR) is 122 cm³/mol. The Kier molecular flexibility index (Phi) is 7.65. The molecule has 1 aliphatic carbocycles. The van der Waals surface area contributed by atoms with Crippen molar-refractivity contribution < 1.29 is 19.1 Å². The van der Waals surface area contributed by atoms with Gasteiger partial charge < -0.3 is 15.4 Å². The van der Waals surface area contributed by atoms with Crippen molar-refractivity contribution in [1.29, 1.82) is 5.26 Å². The van der Waals surface area contributed by atoms with E-state index in [2.05, 4.69) is 23.6 Å². The minimum atomic E-state index is -0.888. The van der Waals surface area contributed by atoms with E-state index in [1.807, 2.05) is 0 Å². The Morgan fingerprint density at radius 2 is 1.97 bits per heavy atom. The Morgan fingerprint density at radius 3 is 2.62 bits per heavy atom. The molecule has 7 nitrogen and oxygen atoms in total. The highest BCUT2D eigenvalue weighted by Gasteiger charge is 2.28. The van der Waals surface area contributed by atoms with Gasteiger partial charge in [0, 0.05) is 10.4 Å². The van der Waals surface area contributed by atoms with Gasteiger partial charge in [-0.05, 0) is 48.8 Å². The molecular weight excluding hydrogens is 426 g/mol. The molecule has 2 aromatic rings. The topological polar surface area (TPSA) is 108 Å². The first kappa shape index (κ1) is 23.5. The van der Waals surface area contributed by atoms with Gasteiger partial charge in [0.15, 0.2) is 6.61 Å². The summed E-state index contributed by atoms with van der Waals surface area (Å²) in [7, 11) is 0. The Hall–Kier alpha value is -3.18. The van der Waals surface area contributed by atoms with Crippen LogP contribution in [0, 0.1) is 23.2 Å². The Bertz CT molecular complexity index is 1040. The second-order valence-electron chi connectivity index (χ2n) is 8.38. The molecule has 0 radical (unpaired) electrons. The quantitative estimate of drug-likeness (QED) is 0.622. The average molecular weight is 454 g/mol. The van der Waals surface area contributed by atoms with Crippen molar-refractivity contribution in [2.75, 3.05) is 11.9 Å². The van der Waals surface area contributed by atoms with Gasteiger partial charge in [0.25, 0.3) is 11.8 Å². The summed E-state index contributed by atoms with van der Waals surface area (Å²) in [5.41, 5.74) is 1.96. The van der Waals surface area contributed by atoms with Crippen molar-refractivity contribution in [2.45, 2.75) is 46.1 Å². The monoisotopic (exact) mass is 453 g/mol. The van der Waals surface area contributed by atoms with Crippen molar-refractivity contribution in [3.05, 3.63) is 51.9 Å². The summed E-state index contributed by atoms with van der Waals surface area (Å²) >= 11 is 1.42. The van der Waals surface area contributed by atoms with E-state index in [-0.39, 0.29) is 11.8 Å². The van der Waals surface area contributed by atoms with Crippen LogP contribution in [-0.4, -0.2) is 30.4 Å². The molecule has 1 aromatic carbocycles. The molecule has 1 heterocycles. The minimum Gasteiger partial charge on any atom is -0.454 e. The first-order chi connectivity index (χ1) is 15.3. The first-order valence-electron chi connectivity index (χ1n) is 10.7. The molecule has 0 saturated heterocycles. The standard InChI is InChI=1S/C24H27N3O4S/c1-14(2)21(27-22(29)16-7-5-4-6-8-16)24(30)31-13-20(28)26-23-18(12-25)17-10-9-15(3)11-19(17)32-23/h4-8,14-15,21H,9-11,13H2,1-3H3,(H,26,28)(H,27,29). The number of esters is 1. The van der Waals surface area contributed by atoms with Crippen molar-refractivity contribution in [1.82, 2.24) is 5.32 Å². The molecule has 8 heteroatoms. The lowest BCUT2D eigenvalue weighted by Crippen LogP contribution is -2.45. The number of nitriles is 1. The smallest absolute Gasteiger partial charge is 0.329 e. The van der Waals surface area contributed by atoms with E-state index in [0.717, 1.165) is 29.7 Å². The van der Waals surface area contributed by atoms with Crippen LogP contribution in [0.25, 0.3) is 0 Å². The number of rotatable bonds is 7. The molecule has 3 rings (SSSR count). The van der Waals surface area contributed by atoms with Crippen LogP contribution in [0.3, 0.4) is 0 Å². The molecule has 0 spiro atoms. The highest BCUT2D eigenvalue weighted by Crippen LogP contribution is 2.39. The van der Waals surface area contributed by atoms with Crippen molar-refractivity contribution in [3.8, 4) is 6.07 Å². The molecule has 2 amide bonds. The van der Waals surface area contributed by atoms with Crippen LogP contribution < -0.4 is 10.6 Å². The SMILES string of the molecule is CC1CCc2c(sc(NC(=O)COC(=O)C(NC(=O)c3ccccc3)C(C)C)c2C#N)C1. The van der Waals surface area contributed by atoms with Gasteiger partial charge in [-0.25, -0.2) is 4.79 Å². The van der Waals surface area contributed by atoms with Crippen molar-refractivity contribution in [2.24, 2.45) is 11.8 Å². The molecule has 2 unspecified atom stereocenters. The van der Waals surface area contributed by atoms with Crippen LogP contribution in [0.15, 0.2) is 30.3 Å². The van der Waals surface area contributed by atoms with Gasteiger partial charge >= 0.3 is 5.97 Å². The Morgan fingerprint density at radius 1 is 1.25 bits per heavy atom. The fourth-order valence-corrected chi connectivity index (χ4v) is 5.04. The number of nitrogens with zero attached hydrogens (tertiary/aromatic N) is 1. The second kappa shape index (κ2) is 10.4. The van der Waals surface area contributed by atoms with Crippen LogP contribution in [0.2, 0.25) is 0 Å². The summed E-state index contributed by atoms with van der Waals surface area (Å²) in [6.07, 6.45) is 2.75. The number of carbonyl (C=O) groups is 3. The number of benzene rings is 1.